The Kier molecular flexibility index (Phi) is 4.82. The van der Waals surface area contributed by atoms with Crippen molar-refractivity contribution in [2.45, 2.75) is 37.6 Å². The summed E-state index contributed by atoms with van der Waals surface area (Å²) in [7, 11) is 2.12. The molecule has 5 nitrogen and oxygen atoms in total. The number of benzene rings is 1. The lowest BCUT2D eigenvalue weighted by molar-refractivity contribution is 0.485. The molecule has 6 heteroatoms. The largest absolute Gasteiger partial charge is 0.368 e. The third-order valence-electron chi connectivity index (χ3n) is 5.33. The molecule has 0 amide bonds. The molecule has 1 saturated heterocycles. The Bertz CT molecular complexity index is 842. The Morgan fingerprint density at radius 2 is 2.12 bits per heavy atom. The van der Waals surface area contributed by atoms with E-state index in [1.807, 2.05) is 30.5 Å². The van der Waals surface area contributed by atoms with Crippen LogP contribution in [0.2, 0.25) is 0 Å². The quantitative estimate of drug-likeness (QED) is 0.757. The SMILES string of the molecule is CN(c1ccnc(C2CC2)n1)C1CCCN(c2ccc(Br)cc2C#N)C1. The molecule has 2 aromatic rings. The first-order chi connectivity index (χ1) is 12.7. The summed E-state index contributed by atoms with van der Waals surface area (Å²) in [5.74, 6) is 2.55. The van der Waals surface area contributed by atoms with E-state index in [0.29, 0.717) is 12.0 Å². The number of nitrogens with zero attached hydrogens (tertiary/aromatic N) is 5. The van der Waals surface area contributed by atoms with E-state index in [4.69, 9.17) is 4.98 Å². The van der Waals surface area contributed by atoms with Crippen molar-refractivity contribution in [2.75, 3.05) is 29.9 Å². The molecule has 2 heterocycles. The molecule has 0 N–H and O–H groups in total. The van der Waals surface area contributed by atoms with Crippen LogP contribution in [0.4, 0.5) is 11.5 Å². The number of hydrogen-bond donors (Lipinski definition) is 0. The number of halogens is 1. The van der Waals surface area contributed by atoms with Gasteiger partial charge in [0.1, 0.15) is 17.7 Å². The minimum atomic E-state index is 0.376. The van der Waals surface area contributed by atoms with Crippen molar-refractivity contribution in [2.24, 2.45) is 0 Å². The van der Waals surface area contributed by atoms with Gasteiger partial charge in [0.25, 0.3) is 0 Å². The van der Waals surface area contributed by atoms with Gasteiger partial charge >= 0.3 is 0 Å². The van der Waals surface area contributed by atoms with Crippen molar-refractivity contribution in [3.8, 4) is 6.07 Å². The van der Waals surface area contributed by atoms with E-state index in [1.54, 1.807) is 0 Å². The Labute approximate surface area is 162 Å². The fourth-order valence-corrected chi connectivity index (χ4v) is 4.01. The fourth-order valence-electron chi connectivity index (χ4n) is 3.65. The molecule has 2 aliphatic rings. The van der Waals surface area contributed by atoms with Crippen LogP contribution >= 0.6 is 15.9 Å². The van der Waals surface area contributed by atoms with Crippen molar-refractivity contribution >= 4 is 27.4 Å². The zero-order chi connectivity index (χ0) is 18.1. The maximum Gasteiger partial charge on any atom is 0.133 e. The van der Waals surface area contributed by atoms with E-state index in [0.717, 1.165) is 53.3 Å². The van der Waals surface area contributed by atoms with Crippen molar-refractivity contribution in [1.82, 2.24) is 9.97 Å². The molecule has 0 radical (unpaired) electrons. The zero-order valence-corrected chi connectivity index (χ0v) is 16.5. The summed E-state index contributed by atoms with van der Waals surface area (Å²) in [6, 6.07) is 10.7. The summed E-state index contributed by atoms with van der Waals surface area (Å²) in [4.78, 5) is 13.8. The molecule has 0 spiro atoms. The Hall–Kier alpha value is -2.13. The van der Waals surface area contributed by atoms with E-state index in [-0.39, 0.29) is 0 Å². The average molecular weight is 412 g/mol. The summed E-state index contributed by atoms with van der Waals surface area (Å²) >= 11 is 3.46. The summed E-state index contributed by atoms with van der Waals surface area (Å²) in [6.45, 7) is 1.88. The zero-order valence-electron chi connectivity index (χ0n) is 14.9. The van der Waals surface area contributed by atoms with E-state index in [1.165, 1.54) is 12.8 Å². The summed E-state index contributed by atoms with van der Waals surface area (Å²) < 4.78 is 0.942. The van der Waals surface area contributed by atoms with Gasteiger partial charge in [-0.1, -0.05) is 15.9 Å². The monoisotopic (exact) mass is 411 g/mol. The van der Waals surface area contributed by atoms with E-state index >= 15 is 0 Å². The number of rotatable bonds is 4. The van der Waals surface area contributed by atoms with Crippen molar-refractivity contribution in [1.29, 1.82) is 5.26 Å². The van der Waals surface area contributed by atoms with Gasteiger partial charge in [-0.3, -0.25) is 0 Å². The lowest BCUT2D eigenvalue weighted by Gasteiger charge is -2.39. The van der Waals surface area contributed by atoms with Gasteiger partial charge in [-0.25, -0.2) is 9.97 Å². The lowest BCUT2D eigenvalue weighted by atomic mass is 10.0. The molecule has 1 saturated carbocycles. The molecule has 26 heavy (non-hydrogen) atoms. The molecule has 1 aliphatic heterocycles. The molecule has 134 valence electrons. The van der Waals surface area contributed by atoms with Crippen molar-refractivity contribution in [3.05, 3.63) is 46.3 Å². The maximum absolute atomic E-state index is 9.49. The minimum absolute atomic E-state index is 0.376. The van der Waals surface area contributed by atoms with Gasteiger partial charge in [0.05, 0.1) is 11.3 Å². The molecular formula is C20H22BrN5. The molecule has 1 unspecified atom stereocenters. The number of likely N-dealkylation sites (N-methyl/N-ethyl adjacent to an activating group) is 1. The molecule has 0 bridgehead atoms. The van der Waals surface area contributed by atoms with Crippen LogP contribution in [-0.2, 0) is 0 Å². The number of aromatic nitrogens is 2. The minimum Gasteiger partial charge on any atom is -0.368 e. The van der Waals surface area contributed by atoms with Crippen molar-refractivity contribution < 1.29 is 0 Å². The molecule has 1 aliphatic carbocycles. The predicted molar refractivity (Wildman–Crippen MR) is 107 cm³/mol. The van der Waals surface area contributed by atoms with Crippen LogP contribution in [0.5, 0.6) is 0 Å². The number of piperidine rings is 1. The van der Waals surface area contributed by atoms with Gasteiger partial charge in [0, 0.05) is 42.8 Å². The second kappa shape index (κ2) is 7.24. The molecule has 1 aromatic carbocycles. The summed E-state index contributed by atoms with van der Waals surface area (Å²) in [6.07, 6.45) is 6.55. The summed E-state index contributed by atoms with van der Waals surface area (Å²) in [5, 5.41) is 9.49. The van der Waals surface area contributed by atoms with Gasteiger partial charge in [-0.2, -0.15) is 5.26 Å². The van der Waals surface area contributed by atoms with Gasteiger partial charge in [0.2, 0.25) is 0 Å². The highest BCUT2D eigenvalue weighted by atomic mass is 79.9. The second-order valence-corrected chi connectivity index (χ2v) is 8.09. The first-order valence-electron chi connectivity index (χ1n) is 9.16. The Morgan fingerprint density at radius 1 is 1.27 bits per heavy atom. The lowest BCUT2D eigenvalue weighted by Crippen LogP contribution is -2.47. The fraction of sp³-hybridized carbons (Fsp3) is 0.450. The topological polar surface area (TPSA) is 56.1 Å². The van der Waals surface area contributed by atoms with Gasteiger partial charge in [0.15, 0.2) is 0 Å². The molecule has 4 rings (SSSR count). The van der Waals surface area contributed by atoms with E-state index in [9.17, 15) is 5.26 Å². The van der Waals surface area contributed by atoms with Crippen LogP contribution in [0, 0.1) is 11.3 Å². The van der Waals surface area contributed by atoms with Crippen LogP contribution in [-0.4, -0.2) is 36.1 Å². The van der Waals surface area contributed by atoms with E-state index < -0.39 is 0 Å². The van der Waals surface area contributed by atoms with E-state index in [2.05, 4.69) is 43.8 Å². The third-order valence-corrected chi connectivity index (χ3v) is 5.82. The van der Waals surface area contributed by atoms with Crippen molar-refractivity contribution in [3.63, 3.8) is 0 Å². The normalized spacial score (nSPS) is 19.9. The first kappa shape index (κ1) is 17.3. The highest BCUT2D eigenvalue weighted by Crippen LogP contribution is 2.38. The third kappa shape index (κ3) is 3.54. The second-order valence-electron chi connectivity index (χ2n) is 7.17. The molecular weight excluding hydrogens is 390 g/mol. The van der Waals surface area contributed by atoms with Crippen LogP contribution in [0.25, 0.3) is 0 Å². The summed E-state index contributed by atoms with van der Waals surface area (Å²) in [5.41, 5.74) is 1.75. The average Bonchev–Trinajstić information content (AvgIpc) is 3.53. The predicted octanol–water partition coefficient (Wildman–Crippen LogP) is 4.09. The standard InChI is InChI=1S/C20H22BrN5/c1-25(19-8-9-23-20(24-19)14-4-5-14)17-3-2-10-26(13-17)18-7-6-16(21)11-15(18)12-22/h6-9,11,14,17H,2-5,10,13H2,1H3. The van der Waals surface area contributed by atoms with Crippen LogP contribution in [0.3, 0.4) is 0 Å². The van der Waals surface area contributed by atoms with Gasteiger partial charge < -0.3 is 9.80 Å². The highest BCUT2D eigenvalue weighted by Gasteiger charge is 2.29. The smallest absolute Gasteiger partial charge is 0.133 e. The number of nitriles is 1. The van der Waals surface area contributed by atoms with Gasteiger partial charge in [-0.05, 0) is 49.9 Å². The molecule has 1 aromatic heterocycles. The molecule has 2 fully saturated rings. The van der Waals surface area contributed by atoms with Crippen LogP contribution in [0.1, 0.15) is 43.0 Å². The number of anilines is 2. The molecule has 1 atom stereocenters. The highest BCUT2D eigenvalue weighted by molar-refractivity contribution is 9.10. The van der Waals surface area contributed by atoms with Crippen LogP contribution < -0.4 is 9.80 Å². The Morgan fingerprint density at radius 3 is 2.88 bits per heavy atom. The van der Waals surface area contributed by atoms with Crippen LogP contribution in [0.15, 0.2) is 34.9 Å². The van der Waals surface area contributed by atoms with Gasteiger partial charge in [-0.15, -0.1) is 0 Å². The Balaban J connectivity index is 1.53. The maximum atomic E-state index is 9.49. The first-order valence-corrected chi connectivity index (χ1v) is 9.95. The number of hydrogen-bond acceptors (Lipinski definition) is 5.